The molecule has 1 aliphatic heterocycles. The number of nitrogens with one attached hydrogen (secondary N) is 1. The first-order valence-electron chi connectivity index (χ1n) is 14.1. The second kappa shape index (κ2) is 12.1. The van der Waals surface area contributed by atoms with Gasteiger partial charge in [-0.2, -0.15) is 0 Å². The van der Waals surface area contributed by atoms with Crippen molar-refractivity contribution in [2.24, 2.45) is 11.3 Å². The summed E-state index contributed by atoms with van der Waals surface area (Å²) in [7, 11) is 0. The first kappa shape index (κ1) is 28.5. The molecule has 2 aromatic carbocycles. The van der Waals surface area contributed by atoms with E-state index in [9.17, 15) is 14.4 Å². The predicted octanol–water partition coefficient (Wildman–Crippen LogP) is 5.31. The number of ether oxygens (including phenoxy) is 3. The van der Waals surface area contributed by atoms with E-state index >= 15 is 0 Å². The summed E-state index contributed by atoms with van der Waals surface area (Å²) in [4.78, 5) is 41.5. The van der Waals surface area contributed by atoms with Gasteiger partial charge < -0.3 is 24.4 Å². The lowest BCUT2D eigenvalue weighted by Crippen LogP contribution is -2.68. The van der Waals surface area contributed by atoms with Crippen LogP contribution >= 0.6 is 0 Å². The van der Waals surface area contributed by atoms with Gasteiger partial charge in [0, 0.05) is 18.7 Å². The third kappa shape index (κ3) is 5.34. The number of rotatable bonds is 12. The Kier molecular flexibility index (Phi) is 8.83. The minimum Gasteiger partial charge on any atom is -0.488 e. The molecular formula is C31H40N2O6. The fourth-order valence-corrected chi connectivity index (χ4v) is 5.77. The molecule has 3 atom stereocenters. The lowest BCUT2D eigenvalue weighted by molar-refractivity contribution is -0.173. The van der Waals surface area contributed by atoms with Gasteiger partial charge in [0.2, 0.25) is 12.7 Å². The molecule has 0 aromatic heterocycles. The molecule has 8 nitrogen and oxygen atoms in total. The zero-order valence-electron chi connectivity index (χ0n) is 23.6. The fourth-order valence-electron chi connectivity index (χ4n) is 5.77. The first-order valence-corrected chi connectivity index (χ1v) is 14.1. The lowest BCUT2D eigenvalue weighted by atomic mass is 9.55. The summed E-state index contributed by atoms with van der Waals surface area (Å²) in [5.74, 6) is 0.524. The molecule has 0 radical (unpaired) electrons. The largest absolute Gasteiger partial charge is 0.488 e. The van der Waals surface area contributed by atoms with Crippen LogP contribution in [0.5, 0.6) is 17.2 Å². The van der Waals surface area contributed by atoms with Crippen molar-refractivity contribution >= 4 is 17.6 Å². The smallest absolute Gasteiger partial charge is 0.253 e. The number of carbonyl (C=O) groups excluding carboxylic acids is 3. The number of hydrogen-bond donors (Lipinski definition) is 1. The number of benzene rings is 2. The number of carbonyl (C=O) groups is 3. The summed E-state index contributed by atoms with van der Waals surface area (Å²) >= 11 is 0. The Labute approximate surface area is 231 Å². The third-order valence-electron chi connectivity index (χ3n) is 8.27. The van der Waals surface area contributed by atoms with Gasteiger partial charge in [0.25, 0.3) is 5.91 Å². The van der Waals surface area contributed by atoms with Gasteiger partial charge in [0.15, 0.2) is 17.3 Å². The average Bonchev–Trinajstić information content (AvgIpc) is 3.42. The maximum Gasteiger partial charge on any atom is 0.253 e. The van der Waals surface area contributed by atoms with E-state index in [1.165, 1.54) is 0 Å². The van der Waals surface area contributed by atoms with Crippen molar-refractivity contribution < 1.29 is 28.6 Å². The highest BCUT2D eigenvalue weighted by Crippen LogP contribution is 2.50. The van der Waals surface area contributed by atoms with Crippen molar-refractivity contribution in [1.29, 1.82) is 0 Å². The second-order valence-corrected chi connectivity index (χ2v) is 10.2. The summed E-state index contributed by atoms with van der Waals surface area (Å²) in [6.45, 7) is 11.3. The van der Waals surface area contributed by atoms with E-state index in [2.05, 4.69) is 12.2 Å². The van der Waals surface area contributed by atoms with Crippen LogP contribution in [0.15, 0.2) is 42.5 Å². The van der Waals surface area contributed by atoms with Crippen LogP contribution in [0.25, 0.3) is 0 Å². The number of fused-ring (bicyclic) bond motifs is 1. The van der Waals surface area contributed by atoms with E-state index in [0.29, 0.717) is 55.2 Å². The van der Waals surface area contributed by atoms with Crippen LogP contribution in [0.1, 0.15) is 82.3 Å². The molecule has 1 heterocycles. The van der Waals surface area contributed by atoms with Gasteiger partial charge in [-0.1, -0.05) is 33.3 Å². The molecule has 39 heavy (non-hydrogen) atoms. The van der Waals surface area contributed by atoms with Gasteiger partial charge in [0.05, 0.1) is 11.5 Å². The summed E-state index contributed by atoms with van der Waals surface area (Å²) < 4.78 is 17.3. The van der Waals surface area contributed by atoms with E-state index in [-0.39, 0.29) is 30.4 Å². The van der Waals surface area contributed by atoms with E-state index in [4.69, 9.17) is 14.2 Å². The fraction of sp³-hybridized carbons (Fsp3) is 0.516. The number of Topliss-reactive ketones (excluding diaryl/α,β-unsaturated/α-hetero) is 1. The van der Waals surface area contributed by atoms with Crippen LogP contribution in [-0.4, -0.2) is 48.5 Å². The summed E-state index contributed by atoms with van der Waals surface area (Å²) in [6.07, 6.45) is 2.13. The minimum absolute atomic E-state index is 0.0374. The quantitative estimate of drug-likeness (QED) is 0.370. The SMILES string of the molecule is CCCC(NC(=O)C1C(=O)C(CC)(CC)[C@@H]1Oc1ccc(C(=O)N(CC)CC)cc1)c1ccc2c(c1)OCO2. The van der Waals surface area contributed by atoms with Crippen molar-refractivity contribution in [1.82, 2.24) is 10.2 Å². The van der Waals surface area contributed by atoms with E-state index < -0.39 is 17.4 Å². The molecule has 4 rings (SSSR count). The molecule has 8 heteroatoms. The number of nitrogens with zero attached hydrogens (tertiary/aromatic N) is 1. The van der Waals surface area contributed by atoms with E-state index in [1.807, 2.05) is 45.9 Å². The average molecular weight is 537 g/mol. The second-order valence-electron chi connectivity index (χ2n) is 10.2. The molecule has 2 amide bonds. The highest BCUT2D eigenvalue weighted by Gasteiger charge is 2.64. The molecular weight excluding hydrogens is 496 g/mol. The van der Waals surface area contributed by atoms with Crippen LogP contribution in [-0.2, 0) is 9.59 Å². The summed E-state index contributed by atoms with van der Waals surface area (Å²) in [5.41, 5.74) is 0.759. The van der Waals surface area contributed by atoms with E-state index in [0.717, 1.165) is 12.0 Å². The highest BCUT2D eigenvalue weighted by molar-refractivity contribution is 6.10. The Balaban J connectivity index is 1.53. The highest BCUT2D eigenvalue weighted by atomic mass is 16.7. The van der Waals surface area contributed by atoms with Crippen molar-refractivity contribution in [3.8, 4) is 17.2 Å². The third-order valence-corrected chi connectivity index (χ3v) is 8.27. The molecule has 0 saturated heterocycles. The van der Waals surface area contributed by atoms with E-state index in [1.54, 1.807) is 29.2 Å². The predicted molar refractivity (Wildman–Crippen MR) is 148 cm³/mol. The maximum absolute atomic E-state index is 13.6. The van der Waals surface area contributed by atoms with Gasteiger partial charge in [-0.05, 0) is 75.1 Å². The van der Waals surface area contributed by atoms with Gasteiger partial charge in [-0.3, -0.25) is 14.4 Å². The standard InChI is InChI=1S/C31H40N2O6/c1-6-11-23(21-14-17-24-25(18-21)38-19-37-24)32-29(35)26-27(34)31(7-2,8-3)28(26)39-22-15-12-20(13-16-22)30(36)33(9-4)10-5/h12-18,23,26,28H,6-11,19H2,1-5H3,(H,32,35)/t23?,26?,28-/m1/s1. The van der Waals surface area contributed by atoms with Crippen molar-refractivity contribution in [3.63, 3.8) is 0 Å². The van der Waals surface area contributed by atoms with Gasteiger partial charge >= 0.3 is 0 Å². The zero-order valence-corrected chi connectivity index (χ0v) is 23.6. The van der Waals surface area contributed by atoms with Crippen LogP contribution in [0.4, 0.5) is 0 Å². The molecule has 1 aliphatic carbocycles. The van der Waals surface area contributed by atoms with Gasteiger partial charge in [-0.25, -0.2) is 0 Å². The molecule has 2 unspecified atom stereocenters. The van der Waals surface area contributed by atoms with Crippen molar-refractivity contribution in [3.05, 3.63) is 53.6 Å². The molecule has 2 aromatic rings. The molecule has 1 fully saturated rings. The monoisotopic (exact) mass is 536 g/mol. The van der Waals surface area contributed by atoms with Crippen LogP contribution in [0.3, 0.4) is 0 Å². The summed E-state index contributed by atoms with van der Waals surface area (Å²) in [6, 6.07) is 12.4. The van der Waals surface area contributed by atoms with Gasteiger partial charge in [-0.15, -0.1) is 0 Å². The Bertz CT molecular complexity index is 1190. The molecule has 1 saturated carbocycles. The first-order chi connectivity index (χ1) is 18.8. The Hall–Kier alpha value is -3.55. The van der Waals surface area contributed by atoms with Crippen LogP contribution in [0.2, 0.25) is 0 Å². The molecule has 2 aliphatic rings. The summed E-state index contributed by atoms with van der Waals surface area (Å²) in [5, 5.41) is 3.12. The zero-order chi connectivity index (χ0) is 28.2. The molecule has 0 spiro atoms. The Morgan fingerprint density at radius 1 is 1.00 bits per heavy atom. The molecule has 0 bridgehead atoms. The van der Waals surface area contributed by atoms with Crippen LogP contribution in [0, 0.1) is 11.3 Å². The van der Waals surface area contributed by atoms with Crippen molar-refractivity contribution in [2.45, 2.75) is 72.4 Å². The number of hydrogen-bond acceptors (Lipinski definition) is 6. The lowest BCUT2D eigenvalue weighted by Gasteiger charge is -2.51. The number of ketones is 1. The molecule has 210 valence electrons. The number of amides is 2. The van der Waals surface area contributed by atoms with Crippen LogP contribution < -0.4 is 19.5 Å². The van der Waals surface area contributed by atoms with Crippen molar-refractivity contribution in [2.75, 3.05) is 19.9 Å². The van der Waals surface area contributed by atoms with Gasteiger partial charge in [0.1, 0.15) is 17.8 Å². The Morgan fingerprint density at radius 3 is 2.28 bits per heavy atom. The minimum atomic E-state index is -0.907. The normalized spacial score (nSPS) is 19.7. The topological polar surface area (TPSA) is 94.2 Å². The molecule has 1 N–H and O–H groups in total. The Morgan fingerprint density at radius 2 is 1.67 bits per heavy atom. The maximum atomic E-state index is 13.6.